The van der Waals surface area contributed by atoms with E-state index in [1.54, 1.807) is 0 Å². The van der Waals surface area contributed by atoms with E-state index in [1.165, 1.54) is 43.3 Å². The molecule has 1 aliphatic rings. The third kappa shape index (κ3) is 5.91. The summed E-state index contributed by atoms with van der Waals surface area (Å²) in [6.07, 6.45) is -6.12. The molecule has 0 aliphatic carbocycles. The lowest BCUT2D eigenvalue weighted by Gasteiger charge is -2.19. The van der Waals surface area contributed by atoms with Crippen molar-refractivity contribution in [2.24, 2.45) is 11.1 Å². The molecule has 1 saturated heterocycles. The molecule has 0 spiro atoms. The average Bonchev–Trinajstić information content (AvgIpc) is 3.14. The zero-order chi connectivity index (χ0) is 25.3. The quantitative estimate of drug-likeness (QED) is 0.586. The van der Waals surface area contributed by atoms with Gasteiger partial charge in [-0.05, 0) is 49.4 Å². The molecule has 3 rings (SSSR count). The number of carbonyl (C=O) groups is 3. The summed E-state index contributed by atoms with van der Waals surface area (Å²) in [5, 5.41) is 7.45. The molecular weight excluding hydrogens is 479 g/mol. The third-order valence-electron chi connectivity index (χ3n) is 5.06. The molecule has 34 heavy (non-hydrogen) atoms. The second-order valence-corrected chi connectivity index (χ2v) is 9.15. The van der Waals surface area contributed by atoms with Crippen molar-refractivity contribution in [2.45, 2.75) is 30.5 Å². The van der Waals surface area contributed by atoms with Crippen LogP contribution in [0.5, 0.6) is 0 Å². The second kappa shape index (κ2) is 9.43. The Bertz CT molecular complexity index is 1220. The highest BCUT2D eigenvalue weighted by molar-refractivity contribution is 7.89. The standard InChI is InChI=1S/C21H20F3N3O6S/c1-12(19(29)26-15-5-7-17(8-6-15)34(25,31)32)33-20(30)13-9-18(28)27(11-13)16-4-2-3-14(10-16)21(22,23)24/h2-8,10,12-13H,9,11H2,1H3,(H,26,29)(H2,25,31,32)/t12-,13-/m0/s1. The van der Waals surface area contributed by atoms with Gasteiger partial charge in [0.2, 0.25) is 15.9 Å². The van der Waals surface area contributed by atoms with Gasteiger partial charge in [0.25, 0.3) is 5.91 Å². The van der Waals surface area contributed by atoms with Crippen LogP contribution in [-0.4, -0.2) is 38.9 Å². The molecule has 2 aromatic rings. The maximum atomic E-state index is 13.0. The molecule has 0 saturated carbocycles. The van der Waals surface area contributed by atoms with Gasteiger partial charge in [0.1, 0.15) is 0 Å². The number of benzene rings is 2. The number of amides is 2. The molecule has 182 valence electrons. The first-order valence-corrected chi connectivity index (χ1v) is 11.4. The SMILES string of the molecule is C[C@H](OC(=O)[C@H]1CC(=O)N(c2cccc(C(F)(F)F)c2)C1)C(=O)Nc1ccc(S(N)(=O)=O)cc1. The minimum Gasteiger partial charge on any atom is -0.452 e. The lowest BCUT2D eigenvalue weighted by atomic mass is 10.1. The highest BCUT2D eigenvalue weighted by Crippen LogP contribution is 2.33. The van der Waals surface area contributed by atoms with Crippen molar-refractivity contribution in [2.75, 3.05) is 16.8 Å². The Morgan fingerprint density at radius 1 is 1.18 bits per heavy atom. The van der Waals surface area contributed by atoms with E-state index in [1.807, 2.05) is 0 Å². The van der Waals surface area contributed by atoms with Crippen LogP contribution >= 0.6 is 0 Å². The molecule has 2 atom stereocenters. The number of sulfonamides is 1. The van der Waals surface area contributed by atoms with E-state index in [-0.39, 0.29) is 29.2 Å². The number of hydrogen-bond acceptors (Lipinski definition) is 6. The number of nitrogens with zero attached hydrogens (tertiary/aromatic N) is 1. The normalized spacial score (nSPS) is 17.4. The molecule has 13 heteroatoms. The maximum absolute atomic E-state index is 13.0. The van der Waals surface area contributed by atoms with E-state index in [9.17, 15) is 36.0 Å². The van der Waals surface area contributed by atoms with E-state index >= 15 is 0 Å². The summed E-state index contributed by atoms with van der Waals surface area (Å²) in [4.78, 5) is 38.0. The molecule has 1 aliphatic heterocycles. The number of rotatable bonds is 6. The third-order valence-corrected chi connectivity index (χ3v) is 5.99. The van der Waals surface area contributed by atoms with Crippen molar-refractivity contribution in [3.8, 4) is 0 Å². The number of anilines is 2. The molecule has 1 heterocycles. The summed E-state index contributed by atoms with van der Waals surface area (Å²) < 4.78 is 66.5. The van der Waals surface area contributed by atoms with Gasteiger partial charge in [-0.2, -0.15) is 13.2 Å². The summed E-state index contributed by atoms with van der Waals surface area (Å²) in [6, 6.07) is 9.17. The van der Waals surface area contributed by atoms with Crippen LogP contribution in [0.4, 0.5) is 24.5 Å². The molecule has 0 unspecified atom stereocenters. The minimum atomic E-state index is -4.58. The number of hydrogen-bond donors (Lipinski definition) is 2. The van der Waals surface area contributed by atoms with Crippen LogP contribution in [0, 0.1) is 5.92 Å². The first-order valence-electron chi connectivity index (χ1n) is 9.87. The number of primary sulfonamides is 1. The van der Waals surface area contributed by atoms with Gasteiger partial charge >= 0.3 is 12.1 Å². The predicted molar refractivity (Wildman–Crippen MR) is 114 cm³/mol. The Morgan fingerprint density at radius 2 is 1.82 bits per heavy atom. The van der Waals surface area contributed by atoms with Crippen molar-refractivity contribution >= 4 is 39.2 Å². The lowest BCUT2D eigenvalue weighted by molar-refractivity contribution is -0.157. The zero-order valence-corrected chi connectivity index (χ0v) is 18.5. The fourth-order valence-corrected chi connectivity index (χ4v) is 3.78. The number of alkyl halides is 3. The highest BCUT2D eigenvalue weighted by atomic mass is 32.2. The summed E-state index contributed by atoms with van der Waals surface area (Å²) in [7, 11) is -3.90. The summed E-state index contributed by atoms with van der Waals surface area (Å²) in [5.41, 5.74) is -0.692. The van der Waals surface area contributed by atoms with Crippen LogP contribution in [0.1, 0.15) is 18.9 Å². The molecule has 3 N–H and O–H groups in total. The Hall–Kier alpha value is -3.45. The maximum Gasteiger partial charge on any atom is 0.416 e. The average molecular weight is 499 g/mol. The largest absolute Gasteiger partial charge is 0.452 e. The van der Waals surface area contributed by atoms with Crippen LogP contribution in [-0.2, 0) is 35.3 Å². The number of nitrogens with one attached hydrogen (secondary N) is 1. The fraction of sp³-hybridized carbons (Fsp3) is 0.286. The second-order valence-electron chi connectivity index (χ2n) is 7.59. The van der Waals surface area contributed by atoms with Crippen molar-refractivity contribution in [3.05, 3.63) is 54.1 Å². The van der Waals surface area contributed by atoms with Gasteiger partial charge < -0.3 is 15.0 Å². The Balaban J connectivity index is 1.60. The Labute approximate surface area is 192 Å². The molecule has 0 radical (unpaired) electrons. The first kappa shape index (κ1) is 25.2. The molecule has 9 nitrogen and oxygen atoms in total. The van der Waals surface area contributed by atoms with Crippen molar-refractivity contribution in [1.82, 2.24) is 0 Å². The van der Waals surface area contributed by atoms with Gasteiger partial charge in [-0.15, -0.1) is 0 Å². The van der Waals surface area contributed by atoms with Crippen LogP contribution in [0.25, 0.3) is 0 Å². The van der Waals surface area contributed by atoms with Crippen molar-refractivity contribution in [3.63, 3.8) is 0 Å². The molecular formula is C21H20F3N3O6S. The summed E-state index contributed by atoms with van der Waals surface area (Å²) in [6.45, 7) is 1.11. The van der Waals surface area contributed by atoms with E-state index in [2.05, 4.69) is 5.32 Å². The van der Waals surface area contributed by atoms with Gasteiger partial charge in [-0.25, -0.2) is 13.6 Å². The number of esters is 1. The Morgan fingerprint density at radius 3 is 2.41 bits per heavy atom. The number of halogens is 3. The number of ether oxygens (including phenoxy) is 1. The molecule has 2 amide bonds. The van der Waals surface area contributed by atoms with Crippen LogP contribution in [0.3, 0.4) is 0 Å². The van der Waals surface area contributed by atoms with Gasteiger partial charge in [0, 0.05) is 24.3 Å². The van der Waals surface area contributed by atoms with Gasteiger partial charge in [0.15, 0.2) is 6.10 Å². The van der Waals surface area contributed by atoms with Crippen LogP contribution in [0.15, 0.2) is 53.4 Å². The van der Waals surface area contributed by atoms with Gasteiger partial charge in [-0.1, -0.05) is 6.07 Å². The predicted octanol–water partition coefficient (Wildman–Crippen LogP) is 2.28. The smallest absolute Gasteiger partial charge is 0.416 e. The van der Waals surface area contributed by atoms with Crippen LogP contribution < -0.4 is 15.4 Å². The van der Waals surface area contributed by atoms with E-state index in [0.717, 1.165) is 17.0 Å². The topological polar surface area (TPSA) is 136 Å². The Kier molecular flexibility index (Phi) is 6.98. The molecule has 2 aromatic carbocycles. The highest BCUT2D eigenvalue weighted by Gasteiger charge is 2.38. The molecule has 1 fully saturated rings. The van der Waals surface area contributed by atoms with Crippen LogP contribution in [0.2, 0.25) is 0 Å². The number of carbonyl (C=O) groups excluding carboxylic acids is 3. The van der Waals surface area contributed by atoms with E-state index in [4.69, 9.17) is 9.88 Å². The number of nitrogens with two attached hydrogens (primary N) is 1. The monoisotopic (exact) mass is 499 g/mol. The molecule has 0 bridgehead atoms. The minimum absolute atomic E-state index is 0.00357. The first-order chi connectivity index (χ1) is 15.8. The summed E-state index contributed by atoms with van der Waals surface area (Å²) >= 11 is 0. The van der Waals surface area contributed by atoms with Gasteiger partial charge in [0.05, 0.1) is 16.4 Å². The summed E-state index contributed by atoms with van der Waals surface area (Å²) in [5.74, 6) is -3.08. The van der Waals surface area contributed by atoms with E-state index < -0.39 is 51.6 Å². The lowest BCUT2D eigenvalue weighted by Crippen LogP contribution is -2.33. The molecule has 0 aromatic heterocycles. The van der Waals surface area contributed by atoms with Crippen molar-refractivity contribution in [1.29, 1.82) is 0 Å². The van der Waals surface area contributed by atoms with Crippen molar-refractivity contribution < 1.29 is 40.7 Å². The zero-order valence-electron chi connectivity index (χ0n) is 17.7. The van der Waals surface area contributed by atoms with Gasteiger partial charge in [-0.3, -0.25) is 14.4 Å². The fourth-order valence-electron chi connectivity index (χ4n) is 3.26. The van der Waals surface area contributed by atoms with E-state index in [0.29, 0.717) is 0 Å².